The molecule has 0 aliphatic rings. The Bertz CT molecular complexity index is 745. The molecule has 21 heavy (non-hydrogen) atoms. The summed E-state index contributed by atoms with van der Waals surface area (Å²) in [6.07, 6.45) is 0. The maximum Gasteiger partial charge on any atom is 0.237 e. The van der Waals surface area contributed by atoms with Gasteiger partial charge < -0.3 is 9.84 Å². The average molecular weight is 340 g/mol. The van der Waals surface area contributed by atoms with Crippen LogP contribution in [0.25, 0.3) is 11.4 Å². The Morgan fingerprint density at radius 2 is 2.29 bits per heavy atom. The predicted octanol–water partition coefficient (Wildman–Crippen LogP) is 3.58. The second-order valence-corrected chi connectivity index (χ2v) is 6.57. The summed E-state index contributed by atoms with van der Waals surface area (Å²) in [5.74, 6) is 1.61. The summed E-state index contributed by atoms with van der Waals surface area (Å²) < 4.78 is 6.08. The van der Waals surface area contributed by atoms with Crippen molar-refractivity contribution in [3.8, 4) is 11.4 Å². The van der Waals surface area contributed by atoms with Crippen molar-refractivity contribution in [1.82, 2.24) is 20.3 Å². The number of nitrogens with one attached hydrogen (secondary N) is 1. The van der Waals surface area contributed by atoms with E-state index in [-0.39, 0.29) is 0 Å². The number of hydrogen-bond donors (Lipinski definition) is 1. The van der Waals surface area contributed by atoms with E-state index in [4.69, 9.17) is 16.1 Å². The molecule has 2 aromatic heterocycles. The third kappa shape index (κ3) is 3.52. The second-order valence-electron chi connectivity index (χ2n) is 3.93. The van der Waals surface area contributed by atoms with Crippen molar-refractivity contribution in [2.24, 2.45) is 0 Å². The molecule has 6 nitrogen and oxygen atoms in total. The van der Waals surface area contributed by atoms with Crippen molar-refractivity contribution in [3.05, 3.63) is 35.2 Å². The van der Waals surface area contributed by atoms with Crippen LogP contribution in [-0.4, -0.2) is 27.4 Å². The van der Waals surface area contributed by atoms with Gasteiger partial charge in [0, 0.05) is 17.6 Å². The molecular formula is C12H10ClN5OS2. The van der Waals surface area contributed by atoms with Crippen molar-refractivity contribution < 1.29 is 4.52 Å². The van der Waals surface area contributed by atoms with E-state index in [1.807, 2.05) is 19.2 Å². The van der Waals surface area contributed by atoms with Crippen molar-refractivity contribution in [1.29, 1.82) is 0 Å². The molecule has 0 spiro atoms. The van der Waals surface area contributed by atoms with Crippen LogP contribution >= 0.6 is 34.7 Å². The molecule has 1 aromatic carbocycles. The summed E-state index contributed by atoms with van der Waals surface area (Å²) in [7, 11) is 1.81. The molecule has 0 saturated carbocycles. The first-order chi connectivity index (χ1) is 10.2. The molecule has 0 bridgehead atoms. The summed E-state index contributed by atoms with van der Waals surface area (Å²) in [6.45, 7) is 0. The fourth-order valence-electron chi connectivity index (χ4n) is 1.55. The van der Waals surface area contributed by atoms with E-state index in [0.717, 1.165) is 15.0 Å². The van der Waals surface area contributed by atoms with Gasteiger partial charge in [-0.25, -0.2) is 0 Å². The molecule has 1 N–H and O–H groups in total. The summed E-state index contributed by atoms with van der Waals surface area (Å²) >= 11 is 8.93. The van der Waals surface area contributed by atoms with Crippen molar-refractivity contribution in [2.45, 2.75) is 10.1 Å². The van der Waals surface area contributed by atoms with E-state index in [1.165, 1.54) is 23.1 Å². The highest BCUT2D eigenvalue weighted by atomic mass is 35.5. The highest BCUT2D eigenvalue weighted by Gasteiger charge is 2.11. The molecule has 0 aliphatic carbocycles. The monoisotopic (exact) mass is 339 g/mol. The van der Waals surface area contributed by atoms with Gasteiger partial charge in [0.1, 0.15) is 0 Å². The summed E-state index contributed by atoms with van der Waals surface area (Å²) in [5, 5.41) is 16.3. The smallest absolute Gasteiger partial charge is 0.237 e. The lowest BCUT2D eigenvalue weighted by molar-refractivity contribution is 0.391. The van der Waals surface area contributed by atoms with Gasteiger partial charge in [0.2, 0.25) is 16.8 Å². The van der Waals surface area contributed by atoms with Gasteiger partial charge >= 0.3 is 0 Å². The van der Waals surface area contributed by atoms with Gasteiger partial charge in [0.15, 0.2) is 4.34 Å². The Kier molecular flexibility index (Phi) is 4.37. The predicted molar refractivity (Wildman–Crippen MR) is 83.8 cm³/mol. The minimum Gasteiger partial charge on any atom is -0.363 e. The number of thioether (sulfide) groups is 1. The van der Waals surface area contributed by atoms with Gasteiger partial charge in [0.05, 0.1) is 5.75 Å². The molecule has 0 aliphatic heterocycles. The fourth-order valence-corrected chi connectivity index (χ4v) is 3.28. The fraction of sp³-hybridized carbons (Fsp3) is 0.167. The zero-order chi connectivity index (χ0) is 14.7. The quantitative estimate of drug-likeness (QED) is 0.712. The standard InChI is InChI=1S/C12H10ClN5OS2/c1-14-11-16-17-12(21-11)20-6-9-15-10(18-19-9)7-3-2-4-8(13)5-7/h2-5H,6H2,1H3,(H,14,16). The van der Waals surface area contributed by atoms with Gasteiger partial charge in [-0.15, -0.1) is 10.2 Å². The van der Waals surface area contributed by atoms with E-state index in [1.54, 1.807) is 12.1 Å². The van der Waals surface area contributed by atoms with Gasteiger partial charge in [0.25, 0.3) is 0 Å². The SMILES string of the molecule is CNc1nnc(SCc2nc(-c3cccc(Cl)c3)no2)s1. The molecule has 0 unspecified atom stereocenters. The van der Waals surface area contributed by atoms with E-state index < -0.39 is 0 Å². The number of rotatable bonds is 5. The van der Waals surface area contributed by atoms with Crippen LogP contribution in [0.5, 0.6) is 0 Å². The van der Waals surface area contributed by atoms with Gasteiger partial charge in [-0.05, 0) is 12.1 Å². The number of benzene rings is 1. The van der Waals surface area contributed by atoms with Crippen molar-refractivity contribution in [2.75, 3.05) is 12.4 Å². The number of aromatic nitrogens is 4. The average Bonchev–Trinajstić information content (AvgIpc) is 3.14. The van der Waals surface area contributed by atoms with Crippen LogP contribution in [0.1, 0.15) is 5.89 Å². The van der Waals surface area contributed by atoms with Crippen molar-refractivity contribution in [3.63, 3.8) is 0 Å². The Balaban J connectivity index is 1.67. The van der Waals surface area contributed by atoms with E-state index >= 15 is 0 Å². The maximum absolute atomic E-state index is 5.95. The molecule has 0 atom stereocenters. The Hall–Kier alpha value is -1.64. The van der Waals surface area contributed by atoms with Crippen LogP contribution < -0.4 is 5.32 Å². The Morgan fingerprint density at radius 3 is 3.05 bits per heavy atom. The van der Waals surface area contributed by atoms with Gasteiger partial charge in [-0.3, -0.25) is 0 Å². The highest BCUT2D eigenvalue weighted by molar-refractivity contribution is 8.00. The third-order valence-corrected chi connectivity index (χ3v) is 4.78. The molecule has 0 amide bonds. The summed E-state index contributed by atoms with van der Waals surface area (Å²) in [4.78, 5) is 4.35. The third-order valence-electron chi connectivity index (χ3n) is 2.49. The second kappa shape index (κ2) is 6.42. The maximum atomic E-state index is 5.95. The molecule has 2 heterocycles. The first-order valence-electron chi connectivity index (χ1n) is 5.97. The van der Waals surface area contributed by atoms with E-state index in [9.17, 15) is 0 Å². The lowest BCUT2D eigenvalue weighted by atomic mass is 10.2. The largest absolute Gasteiger partial charge is 0.363 e. The van der Waals surface area contributed by atoms with Crippen LogP contribution in [-0.2, 0) is 5.75 Å². The lowest BCUT2D eigenvalue weighted by Crippen LogP contribution is -1.84. The summed E-state index contributed by atoms with van der Waals surface area (Å²) in [6, 6.07) is 7.34. The van der Waals surface area contributed by atoms with Crippen LogP contribution in [0.3, 0.4) is 0 Å². The van der Waals surface area contributed by atoms with Crippen LogP contribution in [0, 0.1) is 0 Å². The number of hydrogen-bond acceptors (Lipinski definition) is 8. The molecule has 0 fully saturated rings. The molecule has 3 rings (SSSR count). The van der Waals surface area contributed by atoms with E-state index in [0.29, 0.717) is 22.5 Å². The topological polar surface area (TPSA) is 76.7 Å². The molecule has 3 aromatic rings. The first kappa shape index (κ1) is 14.3. The van der Waals surface area contributed by atoms with E-state index in [2.05, 4.69) is 25.7 Å². The number of anilines is 1. The molecule has 108 valence electrons. The number of nitrogens with zero attached hydrogens (tertiary/aromatic N) is 4. The van der Waals surface area contributed by atoms with Crippen LogP contribution in [0.2, 0.25) is 5.02 Å². The zero-order valence-electron chi connectivity index (χ0n) is 10.9. The lowest BCUT2D eigenvalue weighted by Gasteiger charge is -1.93. The molecule has 9 heteroatoms. The number of halogens is 1. The zero-order valence-corrected chi connectivity index (χ0v) is 13.3. The Labute approximate surface area is 133 Å². The molecule has 0 radical (unpaired) electrons. The Morgan fingerprint density at radius 1 is 1.38 bits per heavy atom. The highest BCUT2D eigenvalue weighted by Crippen LogP contribution is 2.28. The minimum absolute atomic E-state index is 0.529. The molecule has 0 saturated heterocycles. The summed E-state index contributed by atoms with van der Waals surface area (Å²) in [5.41, 5.74) is 0.830. The minimum atomic E-state index is 0.529. The molecular weight excluding hydrogens is 330 g/mol. The van der Waals surface area contributed by atoms with Crippen molar-refractivity contribution >= 4 is 39.8 Å². The van der Waals surface area contributed by atoms with Crippen LogP contribution in [0.15, 0.2) is 33.1 Å². The van der Waals surface area contributed by atoms with Gasteiger partial charge in [-0.1, -0.05) is 52.0 Å². The van der Waals surface area contributed by atoms with Crippen LogP contribution in [0.4, 0.5) is 5.13 Å². The van der Waals surface area contributed by atoms with Gasteiger partial charge in [-0.2, -0.15) is 4.98 Å². The first-order valence-corrected chi connectivity index (χ1v) is 8.15. The normalized spacial score (nSPS) is 10.8.